The molecule has 2 heterocycles. The molecule has 29 heavy (non-hydrogen) atoms. The zero-order valence-electron chi connectivity index (χ0n) is 16.7. The highest BCUT2D eigenvalue weighted by atomic mass is 16.6. The van der Waals surface area contributed by atoms with Crippen LogP contribution in [0.5, 0.6) is 11.5 Å². The molecule has 148 valence electrons. The lowest BCUT2D eigenvalue weighted by Gasteiger charge is -2.24. The standard InChI is InChI=1S/C23H23N3O3/c1-15-8-10-19(11-9-15)26-16(2)12-18(17(26)3)13-24-25-23(27)22-14-28-20-6-4-5-7-21(20)29-22/h4-13,22H,14H2,1-3H3,(H,25,27)/b24-13+. The number of aromatic nitrogens is 1. The molecule has 1 unspecified atom stereocenters. The van der Waals surface area contributed by atoms with Gasteiger partial charge in [-0.2, -0.15) is 5.10 Å². The van der Waals surface area contributed by atoms with Crippen LogP contribution < -0.4 is 14.9 Å². The number of nitrogens with one attached hydrogen (secondary N) is 1. The van der Waals surface area contributed by atoms with E-state index in [4.69, 9.17) is 9.47 Å². The number of ether oxygens (including phenoxy) is 2. The van der Waals surface area contributed by atoms with Gasteiger partial charge in [0.15, 0.2) is 11.5 Å². The van der Waals surface area contributed by atoms with E-state index in [1.165, 1.54) is 5.56 Å². The number of fused-ring (bicyclic) bond motifs is 1. The largest absolute Gasteiger partial charge is 0.485 e. The van der Waals surface area contributed by atoms with Crippen molar-refractivity contribution in [1.29, 1.82) is 0 Å². The van der Waals surface area contributed by atoms with E-state index in [1.807, 2.05) is 38.1 Å². The summed E-state index contributed by atoms with van der Waals surface area (Å²) < 4.78 is 13.4. The fourth-order valence-corrected chi connectivity index (χ4v) is 3.40. The normalized spacial score (nSPS) is 15.5. The van der Waals surface area contributed by atoms with Gasteiger partial charge in [-0.25, -0.2) is 5.43 Å². The SMILES string of the molecule is Cc1ccc(-n2c(C)cc(/C=N/NC(=O)C3COc4ccccc4O3)c2C)cc1. The predicted molar refractivity (Wildman–Crippen MR) is 112 cm³/mol. The van der Waals surface area contributed by atoms with Crippen LogP contribution in [0.25, 0.3) is 5.69 Å². The molecule has 3 aromatic rings. The van der Waals surface area contributed by atoms with Crippen LogP contribution in [-0.4, -0.2) is 29.4 Å². The number of benzene rings is 2. The molecule has 1 amide bonds. The minimum absolute atomic E-state index is 0.153. The topological polar surface area (TPSA) is 64.9 Å². The first kappa shape index (κ1) is 18.8. The first-order valence-corrected chi connectivity index (χ1v) is 9.50. The molecule has 0 fully saturated rings. The van der Waals surface area contributed by atoms with Gasteiger partial charge in [0.05, 0.1) is 6.21 Å². The zero-order valence-corrected chi connectivity index (χ0v) is 16.7. The quantitative estimate of drug-likeness (QED) is 0.547. The number of nitrogens with zero attached hydrogens (tertiary/aromatic N) is 2. The van der Waals surface area contributed by atoms with Crippen molar-refractivity contribution in [2.24, 2.45) is 5.10 Å². The summed E-state index contributed by atoms with van der Waals surface area (Å²) >= 11 is 0. The second kappa shape index (κ2) is 7.83. The Kier molecular flexibility index (Phi) is 5.08. The number of carbonyl (C=O) groups is 1. The maximum absolute atomic E-state index is 12.4. The third-order valence-electron chi connectivity index (χ3n) is 4.94. The molecule has 0 bridgehead atoms. The summed E-state index contributed by atoms with van der Waals surface area (Å²) in [6, 6.07) is 17.7. The van der Waals surface area contributed by atoms with Gasteiger partial charge in [-0.15, -0.1) is 0 Å². The molecule has 0 saturated carbocycles. The van der Waals surface area contributed by atoms with E-state index < -0.39 is 6.10 Å². The monoisotopic (exact) mass is 389 g/mol. The molecule has 1 atom stereocenters. The number of carbonyl (C=O) groups excluding carboxylic acids is 1. The number of hydrazone groups is 1. The van der Waals surface area contributed by atoms with Crippen LogP contribution in [0.15, 0.2) is 59.7 Å². The first-order valence-electron chi connectivity index (χ1n) is 9.50. The van der Waals surface area contributed by atoms with E-state index >= 15 is 0 Å². The highest BCUT2D eigenvalue weighted by Crippen LogP contribution is 2.30. The average molecular weight is 389 g/mol. The van der Waals surface area contributed by atoms with Crippen molar-refractivity contribution in [2.45, 2.75) is 26.9 Å². The van der Waals surface area contributed by atoms with Crippen molar-refractivity contribution >= 4 is 12.1 Å². The van der Waals surface area contributed by atoms with Gasteiger partial charge in [0.1, 0.15) is 6.61 Å². The summed E-state index contributed by atoms with van der Waals surface area (Å²) in [5.41, 5.74) is 7.96. The second-order valence-electron chi connectivity index (χ2n) is 7.10. The van der Waals surface area contributed by atoms with Crippen LogP contribution in [0.2, 0.25) is 0 Å². The molecule has 0 saturated heterocycles. The molecular weight excluding hydrogens is 366 g/mol. The van der Waals surface area contributed by atoms with Crippen LogP contribution >= 0.6 is 0 Å². The fraction of sp³-hybridized carbons (Fsp3) is 0.217. The molecule has 6 heteroatoms. The third kappa shape index (κ3) is 3.87. The maximum Gasteiger partial charge on any atom is 0.284 e. The first-order chi connectivity index (χ1) is 14.0. The smallest absolute Gasteiger partial charge is 0.284 e. The Balaban J connectivity index is 1.44. The molecular formula is C23H23N3O3. The number of hydrogen-bond acceptors (Lipinski definition) is 4. The number of aryl methyl sites for hydroxylation is 2. The number of para-hydroxylation sites is 2. The van der Waals surface area contributed by atoms with Crippen LogP contribution in [0, 0.1) is 20.8 Å². The minimum atomic E-state index is -0.734. The summed E-state index contributed by atoms with van der Waals surface area (Å²) in [5.74, 6) is 0.858. The molecule has 1 aliphatic rings. The van der Waals surface area contributed by atoms with E-state index in [2.05, 4.69) is 46.3 Å². The Morgan fingerprint density at radius 3 is 2.59 bits per heavy atom. The van der Waals surface area contributed by atoms with Crippen LogP contribution in [-0.2, 0) is 4.79 Å². The maximum atomic E-state index is 12.4. The highest BCUT2D eigenvalue weighted by molar-refractivity contribution is 5.86. The Bertz CT molecular complexity index is 1070. The molecule has 1 aromatic heterocycles. The lowest BCUT2D eigenvalue weighted by atomic mass is 10.2. The molecule has 2 aromatic carbocycles. The van der Waals surface area contributed by atoms with Gasteiger partial charge >= 0.3 is 0 Å². The van der Waals surface area contributed by atoms with Gasteiger partial charge in [0.2, 0.25) is 6.10 Å². The summed E-state index contributed by atoms with van der Waals surface area (Å²) in [6.07, 6.45) is 0.921. The van der Waals surface area contributed by atoms with Gasteiger partial charge in [0, 0.05) is 22.6 Å². The lowest BCUT2D eigenvalue weighted by molar-refractivity contribution is -0.130. The van der Waals surface area contributed by atoms with Gasteiger partial charge in [0.25, 0.3) is 5.91 Å². The molecule has 0 radical (unpaired) electrons. The molecule has 0 spiro atoms. The van der Waals surface area contributed by atoms with Crippen molar-refractivity contribution in [1.82, 2.24) is 9.99 Å². The van der Waals surface area contributed by atoms with E-state index in [0.717, 1.165) is 22.6 Å². The summed E-state index contributed by atoms with van der Waals surface area (Å²) in [6.45, 7) is 6.30. The number of hydrogen-bond donors (Lipinski definition) is 1. The zero-order chi connectivity index (χ0) is 20.4. The Morgan fingerprint density at radius 2 is 1.83 bits per heavy atom. The Hall–Kier alpha value is -3.54. The van der Waals surface area contributed by atoms with Crippen molar-refractivity contribution < 1.29 is 14.3 Å². The van der Waals surface area contributed by atoms with Crippen LogP contribution in [0.3, 0.4) is 0 Å². The third-order valence-corrected chi connectivity index (χ3v) is 4.94. The molecule has 4 rings (SSSR count). The van der Waals surface area contributed by atoms with E-state index in [9.17, 15) is 4.79 Å². The van der Waals surface area contributed by atoms with Crippen molar-refractivity contribution in [3.05, 3.63) is 77.1 Å². The fourth-order valence-electron chi connectivity index (χ4n) is 3.40. The summed E-state index contributed by atoms with van der Waals surface area (Å²) in [5, 5.41) is 4.12. The predicted octanol–water partition coefficient (Wildman–Crippen LogP) is 3.69. The van der Waals surface area contributed by atoms with Crippen molar-refractivity contribution in [3.63, 3.8) is 0 Å². The molecule has 0 aliphatic carbocycles. The number of rotatable bonds is 4. The van der Waals surface area contributed by atoms with E-state index in [1.54, 1.807) is 12.3 Å². The number of amides is 1. The lowest BCUT2D eigenvalue weighted by Crippen LogP contribution is -2.42. The van der Waals surface area contributed by atoms with Crippen LogP contribution in [0.4, 0.5) is 0 Å². The van der Waals surface area contributed by atoms with Crippen molar-refractivity contribution in [2.75, 3.05) is 6.61 Å². The molecule has 1 N–H and O–H groups in total. The summed E-state index contributed by atoms with van der Waals surface area (Å²) in [7, 11) is 0. The van der Waals surface area contributed by atoms with E-state index in [-0.39, 0.29) is 12.5 Å². The Morgan fingerprint density at radius 1 is 1.10 bits per heavy atom. The summed E-state index contributed by atoms with van der Waals surface area (Å²) in [4.78, 5) is 12.4. The second-order valence-corrected chi connectivity index (χ2v) is 7.10. The van der Waals surface area contributed by atoms with Crippen molar-refractivity contribution in [3.8, 4) is 17.2 Å². The van der Waals surface area contributed by atoms with Gasteiger partial charge in [-0.05, 0) is 51.1 Å². The van der Waals surface area contributed by atoms with Gasteiger partial charge in [-0.1, -0.05) is 29.8 Å². The van der Waals surface area contributed by atoms with Gasteiger partial charge < -0.3 is 14.0 Å². The van der Waals surface area contributed by atoms with Gasteiger partial charge in [-0.3, -0.25) is 4.79 Å². The van der Waals surface area contributed by atoms with E-state index in [0.29, 0.717) is 11.5 Å². The minimum Gasteiger partial charge on any atom is -0.485 e. The molecule has 6 nitrogen and oxygen atoms in total. The average Bonchev–Trinajstić information content (AvgIpc) is 3.01. The Labute approximate surface area is 169 Å². The molecule has 1 aliphatic heterocycles. The van der Waals surface area contributed by atoms with Crippen LogP contribution in [0.1, 0.15) is 22.5 Å². The highest BCUT2D eigenvalue weighted by Gasteiger charge is 2.27.